The minimum Gasteiger partial charge on any atom is -0.461 e. The fourth-order valence-electron chi connectivity index (χ4n) is 0.561. The average Bonchev–Trinajstić information content (AvgIpc) is 2.33. The molecule has 0 fully saturated rings. The fourth-order valence-corrected chi connectivity index (χ4v) is 1.19. The highest BCUT2D eigenvalue weighted by Gasteiger charge is 2.00. The van der Waals surface area contributed by atoms with Gasteiger partial charge in [-0.1, -0.05) is 22.6 Å². The molecular formula is C6H5IO2. The molecule has 0 radical (unpaired) electrons. The molecule has 3 heteroatoms. The van der Waals surface area contributed by atoms with Crippen LogP contribution in [0.25, 0.3) is 0 Å². The van der Waals surface area contributed by atoms with Gasteiger partial charge in [0.15, 0.2) is 12.0 Å². The lowest BCUT2D eigenvalue weighted by atomic mass is 10.3. The summed E-state index contributed by atoms with van der Waals surface area (Å²) in [5.41, 5.74) is 0.964. The largest absolute Gasteiger partial charge is 0.461 e. The molecule has 0 aromatic carbocycles. The maximum Gasteiger partial charge on any atom is 0.185 e. The van der Waals surface area contributed by atoms with Crippen molar-refractivity contribution in [3.63, 3.8) is 0 Å². The Labute approximate surface area is 66.4 Å². The molecule has 0 N–H and O–H groups in total. The summed E-state index contributed by atoms with van der Waals surface area (Å²) < 4.78 is 5.65. The summed E-state index contributed by atoms with van der Waals surface area (Å²) in [6, 6.07) is 1.80. The third-order valence-electron chi connectivity index (χ3n) is 1.03. The summed E-state index contributed by atoms with van der Waals surface area (Å²) in [6.45, 7) is 0. The molecular weight excluding hydrogens is 231 g/mol. The normalized spacial score (nSPS) is 9.44. The van der Waals surface area contributed by atoms with Crippen LogP contribution < -0.4 is 0 Å². The van der Waals surface area contributed by atoms with Crippen molar-refractivity contribution in [2.75, 3.05) is 0 Å². The van der Waals surface area contributed by atoms with Crippen LogP contribution in [0.1, 0.15) is 16.1 Å². The zero-order valence-electron chi connectivity index (χ0n) is 4.63. The molecule has 0 aliphatic carbocycles. The Morgan fingerprint density at radius 3 is 3.00 bits per heavy atom. The van der Waals surface area contributed by atoms with Gasteiger partial charge in [0, 0.05) is 9.99 Å². The first-order valence-electron chi connectivity index (χ1n) is 2.46. The number of carbonyl (C=O) groups is 1. The van der Waals surface area contributed by atoms with Gasteiger partial charge in [0.05, 0.1) is 6.26 Å². The summed E-state index contributed by atoms with van der Waals surface area (Å²) >= 11 is 2.18. The summed E-state index contributed by atoms with van der Waals surface area (Å²) in [5.74, 6) is 0.449. The standard InChI is InChI=1S/C6H5IO2/c7-3-5-1-2-9-6(5)4-8/h1-2,4H,3H2. The van der Waals surface area contributed by atoms with Crippen LogP contribution >= 0.6 is 22.6 Å². The quantitative estimate of drug-likeness (QED) is 0.446. The Balaban J connectivity index is 2.98. The van der Waals surface area contributed by atoms with Crippen LogP contribution in [0, 0.1) is 0 Å². The van der Waals surface area contributed by atoms with Crippen LogP contribution in [0.5, 0.6) is 0 Å². The van der Waals surface area contributed by atoms with Gasteiger partial charge in [-0.3, -0.25) is 4.79 Å². The smallest absolute Gasteiger partial charge is 0.185 e. The Morgan fingerprint density at radius 1 is 1.78 bits per heavy atom. The zero-order valence-corrected chi connectivity index (χ0v) is 6.79. The highest BCUT2D eigenvalue weighted by atomic mass is 127. The number of hydrogen-bond donors (Lipinski definition) is 0. The van der Waals surface area contributed by atoms with Crippen molar-refractivity contribution in [2.45, 2.75) is 4.43 Å². The highest BCUT2D eigenvalue weighted by Crippen LogP contribution is 2.11. The van der Waals surface area contributed by atoms with Crippen molar-refractivity contribution in [1.29, 1.82) is 0 Å². The maximum absolute atomic E-state index is 10.2. The molecule has 0 aliphatic rings. The van der Waals surface area contributed by atoms with Crippen molar-refractivity contribution in [2.24, 2.45) is 0 Å². The molecule has 48 valence electrons. The van der Waals surface area contributed by atoms with E-state index < -0.39 is 0 Å². The summed E-state index contributed by atoms with van der Waals surface area (Å²) in [4.78, 5) is 10.2. The molecule has 9 heavy (non-hydrogen) atoms. The van der Waals surface area contributed by atoms with E-state index in [9.17, 15) is 4.79 Å². The monoisotopic (exact) mass is 236 g/mol. The third-order valence-corrected chi connectivity index (χ3v) is 1.85. The second-order valence-corrected chi connectivity index (χ2v) is 2.32. The summed E-state index contributed by atoms with van der Waals surface area (Å²) in [6.07, 6.45) is 2.26. The van der Waals surface area contributed by atoms with Crippen molar-refractivity contribution in [1.82, 2.24) is 0 Å². The Morgan fingerprint density at radius 2 is 2.56 bits per heavy atom. The van der Waals surface area contributed by atoms with Gasteiger partial charge in [-0.2, -0.15) is 0 Å². The Kier molecular flexibility index (Phi) is 2.27. The van der Waals surface area contributed by atoms with Crippen molar-refractivity contribution >= 4 is 28.9 Å². The van der Waals surface area contributed by atoms with Gasteiger partial charge in [-0.05, 0) is 6.07 Å². The fraction of sp³-hybridized carbons (Fsp3) is 0.167. The number of furan rings is 1. The van der Waals surface area contributed by atoms with E-state index in [4.69, 9.17) is 4.42 Å². The Bertz CT molecular complexity index is 205. The number of aldehydes is 1. The second-order valence-electron chi connectivity index (χ2n) is 1.56. The summed E-state index contributed by atoms with van der Waals surface area (Å²) in [5, 5.41) is 0. The molecule has 2 nitrogen and oxygen atoms in total. The minimum atomic E-state index is 0.449. The van der Waals surface area contributed by atoms with Gasteiger partial charge in [-0.25, -0.2) is 0 Å². The number of carbonyl (C=O) groups excluding carboxylic acids is 1. The molecule has 0 saturated heterocycles. The van der Waals surface area contributed by atoms with Crippen LogP contribution in [0.2, 0.25) is 0 Å². The lowest BCUT2D eigenvalue weighted by Crippen LogP contribution is -1.79. The molecule has 1 heterocycles. The molecule has 1 aromatic rings. The van der Waals surface area contributed by atoms with Crippen LogP contribution in [0.3, 0.4) is 0 Å². The van der Waals surface area contributed by atoms with Crippen molar-refractivity contribution in [3.05, 3.63) is 23.7 Å². The first-order chi connectivity index (χ1) is 4.38. The molecule has 0 unspecified atom stereocenters. The van der Waals surface area contributed by atoms with Gasteiger partial charge < -0.3 is 4.42 Å². The van der Waals surface area contributed by atoms with E-state index >= 15 is 0 Å². The zero-order chi connectivity index (χ0) is 6.69. The molecule has 1 aromatic heterocycles. The first kappa shape index (κ1) is 6.80. The van der Waals surface area contributed by atoms with Crippen molar-refractivity contribution < 1.29 is 9.21 Å². The van der Waals surface area contributed by atoms with Crippen LogP contribution in [-0.4, -0.2) is 6.29 Å². The number of halogens is 1. The molecule has 0 spiro atoms. The molecule has 0 atom stereocenters. The summed E-state index contributed by atoms with van der Waals surface area (Å²) in [7, 11) is 0. The van der Waals surface area contributed by atoms with E-state index in [2.05, 4.69) is 22.6 Å². The van der Waals surface area contributed by atoms with E-state index in [-0.39, 0.29) is 0 Å². The van der Waals surface area contributed by atoms with Crippen LogP contribution in [0.15, 0.2) is 16.7 Å². The van der Waals surface area contributed by atoms with Gasteiger partial charge >= 0.3 is 0 Å². The van der Waals surface area contributed by atoms with Crippen LogP contribution in [-0.2, 0) is 4.43 Å². The first-order valence-corrected chi connectivity index (χ1v) is 3.98. The van der Waals surface area contributed by atoms with E-state index in [0.29, 0.717) is 5.76 Å². The van der Waals surface area contributed by atoms with E-state index in [1.54, 1.807) is 6.07 Å². The number of alkyl halides is 1. The minimum absolute atomic E-state index is 0.449. The van der Waals surface area contributed by atoms with Gasteiger partial charge in [0.1, 0.15) is 0 Å². The van der Waals surface area contributed by atoms with E-state index in [1.807, 2.05) is 0 Å². The topological polar surface area (TPSA) is 30.2 Å². The molecule has 0 bridgehead atoms. The van der Waals surface area contributed by atoms with Gasteiger partial charge in [0.25, 0.3) is 0 Å². The predicted octanol–water partition coefficient (Wildman–Crippen LogP) is 2.03. The lowest BCUT2D eigenvalue weighted by Gasteiger charge is -1.84. The molecule has 0 saturated carbocycles. The van der Waals surface area contributed by atoms with E-state index in [1.165, 1.54) is 6.26 Å². The predicted molar refractivity (Wildman–Crippen MR) is 41.8 cm³/mol. The molecule has 0 amide bonds. The van der Waals surface area contributed by atoms with Gasteiger partial charge in [-0.15, -0.1) is 0 Å². The van der Waals surface area contributed by atoms with Crippen LogP contribution in [0.4, 0.5) is 0 Å². The lowest BCUT2D eigenvalue weighted by molar-refractivity contribution is 0.110. The Hall–Kier alpha value is -0.320. The van der Waals surface area contributed by atoms with Gasteiger partial charge in [0.2, 0.25) is 0 Å². The number of hydrogen-bond acceptors (Lipinski definition) is 2. The highest BCUT2D eigenvalue weighted by molar-refractivity contribution is 14.1. The average molecular weight is 236 g/mol. The molecule has 1 rings (SSSR count). The van der Waals surface area contributed by atoms with E-state index in [0.717, 1.165) is 16.3 Å². The second kappa shape index (κ2) is 3.00. The third kappa shape index (κ3) is 1.32. The number of rotatable bonds is 2. The van der Waals surface area contributed by atoms with Crippen molar-refractivity contribution in [3.8, 4) is 0 Å². The SMILES string of the molecule is O=Cc1occc1CI. The maximum atomic E-state index is 10.2. The molecule has 0 aliphatic heterocycles.